The summed E-state index contributed by atoms with van der Waals surface area (Å²) in [5.74, 6) is 1.35. The molecule has 1 aromatic carbocycles. The standard InChI is InChI=1S/C12H17NO3/c1-4-7-16-11-6-5-10(9(2)13-14)8-12(11)15-3/h5-6,8,14H,4,7H2,1-3H3/b13-9+. The zero-order valence-corrected chi connectivity index (χ0v) is 9.86. The van der Waals surface area contributed by atoms with Crippen LogP contribution in [0.3, 0.4) is 0 Å². The Balaban J connectivity index is 2.97. The molecule has 0 radical (unpaired) electrons. The second kappa shape index (κ2) is 6.00. The minimum Gasteiger partial charge on any atom is -0.493 e. The van der Waals surface area contributed by atoms with Crippen LogP contribution in [-0.4, -0.2) is 24.6 Å². The first-order valence-corrected chi connectivity index (χ1v) is 5.22. The van der Waals surface area contributed by atoms with Gasteiger partial charge in [0.25, 0.3) is 0 Å². The molecule has 0 heterocycles. The number of nitrogens with zero attached hydrogens (tertiary/aromatic N) is 1. The van der Waals surface area contributed by atoms with Crippen LogP contribution in [0.4, 0.5) is 0 Å². The number of benzene rings is 1. The van der Waals surface area contributed by atoms with Crippen molar-refractivity contribution in [3.63, 3.8) is 0 Å². The van der Waals surface area contributed by atoms with Crippen molar-refractivity contribution < 1.29 is 14.7 Å². The molecule has 0 fully saturated rings. The molecule has 0 atom stereocenters. The number of hydrogen-bond donors (Lipinski definition) is 1. The SMILES string of the molecule is CCCOc1ccc(/C(C)=N/O)cc1OC. The van der Waals surface area contributed by atoms with Gasteiger partial charge in [-0.15, -0.1) is 0 Å². The maximum atomic E-state index is 8.68. The van der Waals surface area contributed by atoms with Crippen molar-refractivity contribution in [2.45, 2.75) is 20.3 Å². The van der Waals surface area contributed by atoms with E-state index in [1.54, 1.807) is 20.1 Å². The molecule has 0 bridgehead atoms. The lowest BCUT2D eigenvalue weighted by atomic mass is 10.1. The van der Waals surface area contributed by atoms with Gasteiger partial charge in [0.2, 0.25) is 0 Å². The van der Waals surface area contributed by atoms with E-state index in [0.29, 0.717) is 23.8 Å². The number of rotatable bonds is 5. The van der Waals surface area contributed by atoms with Crippen LogP contribution in [0, 0.1) is 0 Å². The first-order valence-electron chi connectivity index (χ1n) is 5.22. The summed E-state index contributed by atoms with van der Waals surface area (Å²) in [4.78, 5) is 0. The van der Waals surface area contributed by atoms with Crippen molar-refractivity contribution in [1.82, 2.24) is 0 Å². The molecule has 0 aliphatic heterocycles. The van der Waals surface area contributed by atoms with Crippen molar-refractivity contribution in [1.29, 1.82) is 0 Å². The second-order valence-corrected chi connectivity index (χ2v) is 3.40. The highest BCUT2D eigenvalue weighted by Gasteiger charge is 2.07. The molecule has 0 aromatic heterocycles. The Morgan fingerprint density at radius 3 is 2.69 bits per heavy atom. The van der Waals surface area contributed by atoms with Crippen molar-refractivity contribution in [2.75, 3.05) is 13.7 Å². The summed E-state index contributed by atoms with van der Waals surface area (Å²) >= 11 is 0. The third-order valence-corrected chi connectivity index (χ3v) is 2.19. The quantitative estimate of drug-likeness (QED) is 0.474. The number of ether oxygens (including phenoxy) is 2. The average Bonchev–Trinajstić information content (AvgIpc) is 2.35. The number of oxime groups is 1. The number of methoxy groups -OCH3 is 1. The molecule has 1 aromatic rings. The van der Waals surface area contributed by atoms with E-state index in [4.69, 9.17) is 14.7 Å². The van der Waals surface area contributed by atoms with Gasteiger partial charge < -0.3 is 14.7 Å². The first-order chi connectivity index (χ1) is 7.72. The van der Waals surface area contributed by atoms with Gasteiger partial charge in [0.1, 0.15) is 0 Å². The highest BCUT2D eigenvalue weighted by Crippen LogP contribution is 2.28. The lowest BCUT2D eigenvalue weighted by Crippen LogP contribution is -2.00. The Hall–Kier alpha value is -1.71. The van der Waals surface area contributed by atoms with Crippen LogP contribution in [0.5, 0.6) is 11.5 Å². The predicted molar refractivity (Wildman–Crippen MR) is 62.8 cm³/mol. The van der Waals surface area contributed by atoms with E-state index in [1.165, 1.54) is 0 Å². The first kappa shape index (κ1) is 12.4. The smallest absolute Gasteiger partial charge is 0.161 e. The van der Waals surface area contributed by atoms with E-state index in [1.807, 2.05) is 19.1 Å². The maximum Gasteiger partial charge on any atom is 0.161 e. The van der Waals surface area contributed by atoms with Crippen LogP contribution in [0.15, 0.2) is 23.4 Å². The average molecular weight is 223 g/mol. The highest BCUT2D eigenvalue weighted by molar-refractivity contribution is 5.98. The zero-order valence-electron chi connectivity index (χ0n) is 9.86. The summed E-state index contributed by atoms with van der Waals surface area (Å²) in [6.45, 7) is 4.42. The molecule has 0 amide bonds. The fourth-order valence-corrected chi connectivity index (χ4v) is 1.28. The Morgan fingerprint density at radius 2 is 2.12 bits per heavy atom. The lowest BCUT2D eigenvalue weighted by molar-refractivity contribution is 0.294. The van der Waals surface area contributed by atoms with Crippen molar-refractivity contribution in [3.8, 4) is 11.5 Å². The molecule has 0 aliphatic rings. The van der Waals surface area contributed by atoms with E-state index in [2.05, 4.69) is 5.16 Å². The van der Waals surface area contributed by atoms with Gasteiger partial charge in [-0.3, -0.25) is 0 Å². The molecule has 1 rings (SSSR count). The van der Waals surface area contributed by atoms with E-state index < -0.39 is 0 Å². The monoisotopic (exact) mass is 223 g/mol. The molecule has 0 saturated heterocycles. The zero-order chi connectivity index (χ0) is 12.0. The fourth-order valence-electron chi connectivity index (χ4n) is 1.28. The third kappa shape index (κ3) is 2.89. The van der Waals surface area contributed by atoms with Crippen LogP contribution in [0.25, 0.3) is 0 Å². The largest absolute Gasteiger partial charge is 0.493 e. The van der Waals surface area contributed by atoms with E-state index in [9.17, 15) is 0 Å². The van der Waals surface area contributed by atoms with Gasteiger partial charge in [-0.05, 0) is 31.5 Å². The maximum absolute atomic E-state index is 8.68. The van der Waals surface area contributed by atoms with E-state index in [-0.39, 0.29) is 0 Å². The normalized spacial score (nSPS) is 11.3. The Kier molecular flexibility index (Phi) is 4.64. The minimum absolute atomic E-state index is 0.542. The van der Waals surface area contributed by atoms with E-state index in [0.717, 1.165) is 12.0 Å². The van der Waals surface area contributed by atoms with Gasteiger partial charge >= 0.3 is 0 Å². The molecule has 4 heteroatoms. The number of hydrogen-bond acceptors (Lipinski definition) is 4. The van der Waals surface area contributed by atoms with Crippen molar-refractivity contribution in [2.24, 2.45) is 5.16 Å². The molecule has 0 spiro atoms. The van der Waals surface area contributed by atoms with Gasteiger partial charge in [0, 0.05) is 5.56 Å². The molecule has 4 nitrogen and oxygen atoms in total. The Bertz CT molecular complexity index is 375. The van der Waals surface area contributed by atoms with Crippen LogP contribution in [0.2, 0.25) is 0 Å². The molecule has 0 unspecified atom stereocenters. The molecule has 1 N–H and O–H groups in total. The second-order valence-electron chi connectivity index (χ2n) is 3.40. The van der Waals surface area contributed by atoms with Crippen molar-refractivity contribution >= 4 is 5.71 Å². The van der Waals surface area contributed by atoms with Gasteiger partial charge in [0.15, 0.2) is 11.5 Å². The lowest BCUT2D eigenvalue weighted by Gasteiger charge is -2.11. The Labute approximate surface area is 95.5 Å². The summed E-state index contributed by atoms with van der Waals surface area (Å²) in [6.07, 6.45) is 0.946. The molecule has 88 valence electrons. The molecule has 0 saturated carbocycles. The molecular weight excluding hydrogens is 206 g/mol. The predicted octanol–water partition coefficient (Wildman–Crippen LogP) is 2.68. The fraction of sp³-hybridized carbons (Fsp3) is 0.417. The molecular formula is C12H17NO3. The summed E-state index contributed by atoms with van der Waals surface area (Å²) in [5, 5.41) is 11.8. The molecule has 0 aliphatic carbocycles. The summed E-state index contributed by atoms with van der Waals surface area (Å²) in [5.41, 5.74) is 1.35. The molecule has 16 heavy (non-hydrogen) atoms. The van der Waals surface area contributed by atoms with Crippen LogP contribution < -0.4 is 9.47 Å². The van der Waals surface area contributed by atoms with Crippen LogP contribution in [0.1, 0.15) is 25.8 Å². The van der Waals surface area contributed by atoms with Crippen LogP contribution >= 0.6 is 0 Å². The van der Waals surface area contributed by atoms with Crippen molar-refractivity contribution in [3.05, 3.63) is 23.8 Å². The van der Waals surface area contributed by atoms with Gasteiger partial charge in [-0.2, -0.15) is 0 Å². The van der Waals surface area contributed by atoms with Crippen LogP contribution in [-0.2, 0) is 0 Å². The van der Waals surface area contributed by atoms with E-state index >= 15 is 0 Å². The highest BCUT2D eigenvalue weighted by atomic mass is 16.5. The minimum atomic E-state index is 0.542. The topological polar surface area (TPSA) is 51.0 Å². The van der Waals surface area contributed by atoms with Gasteiger partial charge in [-0.25, -0.2) is 0 Å². The Morgan fingerprint density at radius 1 is 1.38 bits per heavy atom. The van der Waals surface area contributed by atoms with Gasteiger partial charge in [0.05, 0.1) is 19.4 Å². The summed E-state index contributed by atoms with van der Waals surface area (Å²) in [7, 11) is 1.59. The summed E-state index contributed by atoms with van der Waals surface area (Å²) in [6, 6.07) is 5.45. The third-order valence-electron chi connectivity index (χ3n) is 2.19. The summed E-state index contributed by atoms with van der Waals surface area (Å²) < 4.78 is 10.7. The van der Waals surface area contributed by atoms with Gasteiger partial charge in [-0.1, -0.05) is 12.1 Å².